The molecule has 1 aromatic rings. The lowest BCUT2D eigenvalue weighted by molar-refractivity contribution is -0.697. The Morgan fingerprint density at radius 1 is 1.06 bits per heavy atom. The molecule has 0 bridgehead atoms. The number of unbranched alkanes of at least 4 members (excludes halogenated alkanes) is 3. The van der Waals surface area contributed by atoms with Crippen molar-refractivity contribution >= 4 is 0 Å². The van der Waals surface area contributed by atoms with Gasteiger partial charge in [-0.2, -0.15) is 0 Å². The monoisotopic (exact) mass is 220 g/mol. The van der Waals surface area contributed by atoms with Gasteiger partial charge in [-0.3, -0.25) is 0 Å². The predicted octanol–water partition coefficient (Wildman–Crippen LogP) is 4.07. The van der Waals surface area contributed by atoms with Gasteiger partial charge in [-0.1, -0.05) is 33.6 Å². The Balaban J connectivity index is 2.39. The average Bonchev–Trinajstić information content (AvgIpc) is 2.34. The zero-order chi connectivity index (χ0) is 11.8. The number of aryl methyl sites for hydroxylation is 1. The SMILES string of the molecule is CCCCCC[n+]1ccc(C(C)CC)cc1. The fourth-order valence-electron chi connectivity index (χ4n) is 1.90. The average molecular weight is 220 g/mol. The lowest BCUT2D eigenvalue weighted by atomic mass is 10.0. The van der Waals surface area contributed by atoms with Crippen LogP contribution in [0.3, 0.4) is 0 Å². The zero-order valence-electron chi connectivity index (χ0n) is 11.1. The highest BCUT2D eigenvalue weighted by molar-refractivity contribution is 5.12. The lowest BCUT2D eigenvalue weighted by Gasteiger charge is -2.07. The third-order valence-electron chi connectivity index (χ3n) is 3.37. The van der Waals surface area contributed by atoms with Crippen molar-refractivity contribution in [2.45, 2.75) is 65.3 Å². The molecule has 1 rings (SSSR count). The fraction of sp³-hybridized carbons (Fsp3) is 0.667. The molecule has 0 N–H and O–H groups in total. The van der Waals surface area contributed by atoms with Crippen LogP contribution >= 0.6 is 0 Å². The number of hydrogen-bond donors (Lipinski definition) is 0. The molecular formula is C15H26N+. The smallest absolute Gasteiger partial charge is 0.169 e. The standard InChI is InChI=1S/C15H26N/c1-4-6-7-8-11-16-12-9-15(10-13-16)14(3)5-2/h9-10,12-14H,4-8,11H2,1-3H3/q+1. The third kappa shape index (κ3) is 4.34. The molecule has 16 heavy (non-hydrogen) atoms. The molecule has 1 heteroatoms. The van der Waals surface area contributed by atoms with Crippen LogP contribution in [0.4, 0.5) is 0 Å². The quantitative estimate of drug-likeness (QED) is 0.482. The fourth-order valence-corrected chi connectivity index (χ4v) is 1.90. The zero-order valence-corrected chi connectivity index (χ0v) is 11.1. The maximum Gasteiger partial charge on any atom is 0.169 e. The van der Waals surface area contributed by atoms with Crippen LogP contribution in [0.25, 0.3) is 0 Å². The van der Waals surface area contributed by atoms with Gasteiger partial charge >= 0.3 is 0 Å². The van der Waals surface area contributed by atoms with Gasteiger partial charge in [0.1, 0.15) is 6.54 Å². The first-order valence-electron chi connectivity index (χ1n) is 6.77. The van der Waals surface area contributed by atoms with Gasteiger partial charge in [-0.15, -0.1) is 0 Å². The summed E-state index contributed by atoms with van der Waals surface area (Å²) in [5.41, 5.74) is 1.47. The summed E-state index contributed by atoms with van der Waals surface area (Å²) >= 11 is 0. The summed E-state index contributed by atoms with van der Waals surface area (Å²) < 4.78 is 2.31. The second-order valence-corrected chi connectivity index (χ2v) is 4.74. The van der Waals surface area contributed by atoms with Crippen LogP contribution in [0.5, 0.6) is 0 Å². The van der Waals surface area contributed by atoms with Crippen molar-refractivity contribution in [2.75, 3.05) is 0 Å². The van der Waals surface area contributed by atoms with E-state index >= 15 is 0 Å². The van der Waals surface area contributed by atoms with Crippen molar-refractivity contribution in [3.05, 3.63) is 30.1 Å². The highest BCUT2D eigenvalue weighted by Crippen LogP contribution is 2.16. The molecule has 0 fully saturated rings. The van der Waals surface area contributed by atoms with Gasteiger partial charge < -0.3 is 0 Å². The van der Waals surface area contributed by atoms with Gasteiger partial charge in [0.15, 0.2) is 12.4 Å². The molecule has 1 aromatic heterocycles. The minimum Gasteiger partial charge on any atom is -0.205 e. The van der Waals surface area contributed by atoms with Crippen LogP contribution < -0.4 is 4.57 Å². The molecule has 0 aliphatic heterocycles. The van der Waals surface area contributed by atoms with E-state index in [1.54, 1.807) is 0 Å². The first kappa shape index (κ1) is 13.2. The van der Waals surface area contributed by atoms with E-state index in [1.165, 1.54) is 44.2 Å². The summed E-state index contributed by atoms with van der Waals surface area (Å²) in [4.78, 5) is 0. The van der Waals surface area contributed by atoms with Crippen molar-refractivity contribution in [3.63, 3.8) is 0 Å². The number of aromatic nitrogens is 1. The molecule has 0 saturated carbocycles. The summed E-state index contributed by atoms with van der Waals surface area (Å²) in [6, 6.07) is 4.54. The Morgan fingerprint density at radius 2 is 1.75 bits per heavy atom. The van der Waals surface area contributed by atoms with Crippen molar-refractivity contribution < 1.29 is 4.57 Å². The van der Waals surface area contributed by atoms with Crippen LogP contribution in [-0.4, -0.2) is 0 Å². The van der Waals surface area contributed by atoms with E-state index in [9.17, 15) is 0 Å². The molecule has 0 amide bonds. The van der Waals surface area contributed by atoms with Gasteiger partial charge in [0.2, 0.25) is 0 Å². The molecule has 1 heterocycles. The lowest BCUT2D eigenvalue weighted by Crippen LogP contribution is -2.32. The third-order valence-corrected chi connectivity index (χ3v) is 3.37. The molecular weight excluding hydrogens is 194 g/mol. The number of rotatable bonds is 7. The molecule has 1 atom stereocenters. The normalized spacial score (nSPS) is 12.7. The maximum atomic E-state index is 2.31. The molecule has 1 unspecified atom stereocenters. The van der Waals surface area contributed by atoms with Crippen molar-refractivity contribution in [3.8, 4) is 0 Å². The van der Waals surface area contributed by atoms with E-state index in [-0.39, 0.29) is 0 Å². The van der Waals surface area contributed by atoms with Crippen LogP contribution in [0.1, 0.15) is 64.4 Å². The Morgan fingerprint density at radius 3 is 2.31 bits per heavy atom. The molecule has 0 aliphatic carbocycles. The van der Waals surface area contributed by atoms with Gasteiger partial charge in [-0.05, 0) is 24.3 Å². The second-order valence-electron chi connectivity index (χ2n) is 4.74. The Labute approximate surface area is 101 Å². The van der Waals surface area contributed by atoms with Crippen molar-refractivity contribution in [1.29, 1.82) is 0 Å². The van der Waals surface area contributed by atoms with Crippen LogP contribution in [0.2, 0.25) is 0 Å². The molecule has 1 nitrogen and oxygen atoms in total. The summed E-state index contributed by atoms with van der Waals surface area (Å²) in [5, 5.41) is 0. The van der Waals surface area contributed by atoms with E-state index in [4.69, 9.17) is 0 Å². The van der Waals surface area contributed by atoms with Gasteiger partial charge in [0, 0.05) is 18.6 Å². The molecule has 0 spiro atoms. The van der Waals surface area contributed by atoms with E-state index in [1.807, 2.05) is 0 Å². The highest BCUT2D eigenvalue weighted by Gasteiger charge is 2.05. The summed E-state index contributed by atoms with van der Waals surface area (Å²) in [5.74, 6) is 0.690. The van der Waals surface area contributed by atoms with E-state index in [0.29, 0.717) is 5.92 Å². The summed E-state index contributed by atoms with van der Waals surface area (Å²) in [7, 11) is 0. The highest BCUT2D eigenvalue weighted by atomic mass is 14.9. The second kappa shape index (κ2) is 7.43. The van der Waals surface area contributed by atoms with E-state index in [2.05, 4.69) is 49.9 Å². The predicted molar refractivity (Wildman–Crippen MR) is 69.5 cm³/mol. The van der Waals surface area contributed by atoms with Crippen LogP contribution in [0.15, 0.2) is 24.5 Å². The number of pyridine rings is 1. The minimum atomic E-state index is 0.690. The molecule has 90 valence electrons. The van der Waals surface area contributed by atoms with Crippen molar-refractivity contribution in [2.24, 2.45) is 0 Å². The molecule has 0 saturated heterocycles. The van der Waals surface area contributed by atoms with E-state index < -0.39 is 0 Å². The Bertz CT molecular complexity index is 276. The Hall–Kier alpha value is -0.850. The van der Waals surface area contributed by atoms with Gasteiger partial charge in [0.05, 0.1) is 0 Å². The first-order chi connectivity index (χ1) is 7.77. The van der Waals surface area contributed by atoms with Crippen LogP contribution in [-0.2, 0) is 6.54 Å². The maximum absolute atomic E-state index is 2.31. The van der Waals surface area contributed by atoms with Gasteiger partial charge in [0.25, 0.3) is 0 Å². The molecule has 0 radical (unpaired) electrons. The molecule has 0 aliphatic rings. The number of nitrogens with zero attached hydrogens (tertiary/aromatic N) is 1. The molecule has 0 aromatic carbocycles. The first-order valence-corrected chi connectivity index (χ1v) is 6.77. The summed E-state index contributed by atoms with van der Waals surface area (Å²) in [6.07, 6.45) is 11.0. The van der Waals surface area contributed by atoms with Crippen molar-refractivity contribution in [1.82, 2.24) is 0 Å². The van der Waals surface area contributed by atoms with E-state index in [0.717, 1.165) is 0 Å². The minimum absolute atomic E-state index is 0.690. The Kier molecular flexibility index (Phi) is 6.14. The topological polar surface area (TPSA) is 3.88 Å². The summed E-state index contributed by atoms with van der Waals surface area (Å²) in [6.45, 7) is 7.96. The van der Waals surface area contributed by atoms with Gasteiger partial charge in [-0.25, -0.2) is 4.57 Å². The largest absolute Gasteiger partial charge is 0.205 e. The number of hydrogen-bond acceptors (Lipinski definition) is 0. The van der Waals surface area contributed by atoms with Crippen LogP contribution in [0, 0.1) is 0 Å².